The van der Waals surface area contributed by atoms with E-state index >= 15 is 4.39 Å². The maximum Gasteiger partial charge on any atom is 0.254 e. The predicted octanol–water partition coefficient (Wildman–Crippen LogP) is 5.37. The van der Waals surface area contributed by atoms with Gasteiger partial charge in [-0.2, -0.15) is 5.10 Å². The first-order valence-corrected chi connectivity index (χ1v) is 14.0. The molecule has 10 nitrogen and oxygen atoms in total. The average molecular weight is 605 g/mol. The molecule has 0 spiro atoms. The lowest BCUT2D eigenvalue weighted by Gasteiger charge is -2.25. The molecule has 220 valence electrons. The van der Waals surface area contributed by atoms with Crippen molar-refractivity contribution in [3.8, 4) is 22.4 Å². The number of hydrazone groups is 1. The number of nitrogens with zero attached hydrogens (tertiary/aromatic N) is 6. The highest BCUT2D eigenvalue weighted by molar-refractivity contribution is 6.31. The first kappa shape index (κ1) is 28.4. The topological polar surface area (TPSA) is 108 Å². The lowest BCUT2D eigenvalue weighted by atomic mass is 9.95. The van der Waals surface area contributed by atoms with Gasteiger partial charge in [0.2, 0.25) is 5.91 Å². The molecule has 2 aromatic heterocycles. The van der Waals surface area contributed by atoms with Crippen molar-refractivity contribution in [2.24, 2.45) is 11.0 Å². The van der Waals surface area contributed by atoms with Gasteiger partial charge in [0.15, 0.2) is 5.82 Å². The van der Waals surface area contributed by atoms with Crippen molar-refractivity contribution in [3.05, 3.63) is 93.8 Å². The Morgan fingerprint density at radius 2 is 1.86 bits per heavy atom. The standard InChI is InChI=1S/C30H27ClF2N8O2/c1-17-4-3-5-25(23-12-18(10-11-34-23)20-13-19(32)6-8-22(20)37-30(17)43)40-15-35-24(14-27(40)42)28-26(9-7-21(31)29(28)33)41-16-36-38-39(41)2/h6-17,25,38H,3-5H2,1-2H3,(H,37,43). The third-order valence-electron chi connectivity index (χ3n) is 7.68. The molecule has 1 amide bonds. The molecule has 13 heteroatoms. The largest absolute Gasteiger partial charge is 0.325 e. The highest BCUT2D eigenvalue weighted by Gasteiger charge is 2.26. The fourth-order valence-electron chi connectivity index (χ4n) is 5.37. The smallest absolute Gasteiger partial charge is 0.254 e. The Hall–Kier alpha value is -4.68. The van der Waals surface area contributed by atoms with Crippen molar-refractivity contribution in [1.29, 1.82) is 0 Å². The summed E-state index contributed by atoms with van der Waals surface area (Å²) in [4.78, 5) is 35.7. The van der Waals surface area contributed by atoms with E-state index in [1.54, 1.807) is 36.5 Å². The molecular formula is C30H27ClF2N8O2. The predicted molar refractivity (Wildman–Crippen MR) is 160 cm³/mol. The zero-order valence-corrected chi connectivity index (χ0v) is 24.0. The molecular weight excluding hydrogens is 578 g/mol. The van der Waals surface area contributed by atoms with Crippen molar-refractivity contribution in [2.75, 3.05) is 17.4 Å². The Labute approximate surface area is 250 Å². The Morgan fingerprint density at radius 3 is 2.63 bits per heavy atom. The maximum atomic E-state index is 15.5. The third-order valence-corrected chi connectivity index (χ3v) is 7.97. The van der Waals surface area contributed by atoms with E-state index in [-0.39, 0.29) is 28.1 Å². The lowest BCUT2D eigenvalue weighted by Crippen LogP contribution is -2.39. The Balaban J connectivity index is 1.45. The number of carbonyl (C=O) groups is 1. The van der Waals surface area contributed by atoms with Gasteiger partial charge in [-0.3, -0.25) is 19.1 Å². The lowest BCUT2D eigenvalue weighted by molar-refractivity contribution is -0.119. The van der Waals surface area contributed by atoms with Gasteiger partial charge < -0.3 is 5.32 Å². The number of rotatable bonds is 3. The van der Waals surface area contributed by atoms with Gasteiger partial charge in [-0.25, -0.2) is 24.3 Å². The number of hydrogen-bond donors (Lipinski definition) is 2. The first-order valence-electron chi connectivity index (χ1n) is 13.7. The first-order chi connectivity index (χ1) is 20.7. The molecule has 0 saturated carbocycles. The minimum absolute atomic E-state index is 0.0380. The number of amides is 1. The molecule has 2 aliphatic rings. The number of hydrazine groups is 2. The van der Waals surface area contributed by atoms with Gasteiger partial charge in [0.1, 0.15) is 12.2 Å². The number of carbonyl (C=O) groups excluding carboxylic acids is 1. The van der Waals surface area contributed by atoms with Crippen LogP contribution < -0.4 is 21.4 Å². The second kappa shape index (κ2) is 11.5. The number of aromatic nitrogens is 3. The van der Waals surface area contributed by atoms with Crippen LogP contribution in [0.15, 0.2) is 71.0 Å². The number of benzene rings is 2. The van der Waals surface area contributed by atoms with Crippen molar-refractivity contribution in [1.82, 2.24) is 25.2 Å². The summed E-state index contributed by atoms with van der Waals surface area (Å²) < 4.78 is 31.2. The third kappa shape index (κ3) is 5.46. The molecule has 2 aromatic carbocycles. The summed E-state index contributed by atoms with van der Waals surface area (Å²) in [5.74, 6) is -1.68. The highest BCUT2D eigenvalue weighted by Crippen LogP contribution is 2.37. The van der Waals surface area contributed by atoms with Crippen LogP contribution in [0.5, 0.6) is 0 Å². The quantitative estimate of drug-likeness (QED) is 0.324. The summed E-state index contributed by atoms with van der Waals surface area (Å²) in [6.45, 7) is 1.83. The summed E-state index contributed by atoms with van der Waals surface area (Å²) in [6, 6.07) is 11.5. The van der Waals surface area contributed by atoms with E-state index in [4.69, 9.17) is 11.6 Å². The summed E-state index contributed by atoms with van der Waals surface area (Å²) in [6.07, 6.45) is 6.05. The molecule has 2 unspecified atom stereocenters. The number of nitrogens with one attached hydrogen (secondary N) is 2. The van der Waals surface area contributed by atoms with E-state index in [1.165, 1.54) is 52.7 Å². The second-order valence-electron chi connectivity index (χ2n) is 10.5. The Morgan fingerprint density at radius 1 is 1.02 bits per heavy atom. The summed E-state index contributed by atoms with van der Waals surface area (Å²) in [7, 11) is 1.69. The van der Waals surface area contributed by atoms with E-state index in [0.29, 0.717) is 47.5 Å². The number of hydrogen-bond acceptors (Lipinski definition) is 8. The summed E-state index contributed by atoms with van der Waals surface area (Å²) in [5, 5.41) is 9.86. The Bertz CT molecular complexity index is 1810. The zero-order valence-electron chi connectivity index (χ0n) is 23.3. The number of anilines is 2. The number of pyridine rings is 1. The minimum Gasteiger partial charge on any atom is -0.325 e. The molecule has 6 rings (SSSR count). The van der Waals surface area contributed by atoms with E-state index in [0.717, 1.165) is 0 Å². The summed E-state index contributed by atoms with van der Waals surface area (Å²) in [5.41, 5.74) is 4.98. The van der Waals surface area contributed by atoms with Crippen LogP contribution in [0.2, 0.25) is 5.02 Å². The van der Waals surface area contributed by atoms with Gasteiger partial charge >= 0.3 is 0 Å². The normalized spacial score (nSPS) is 18.8. The van der Waals surface area contributed by atoms with Crippen LogP contribution in [-0.4, -0.2) is 38.9 Å². The monoisotopic (exact) mass is 604 g/mol. The van der Waals surface area contributed by atoms with Gasteiger partial charge in [0.25, 0.3) is 5.56 Å². The molecule has 0 aliphatic carbocycles. The maximum absolute atomic E-state index is 15.5. The molecule has 0 radical (unpaired) electrons. The van der Waals surface area contributed by atoms with Crippen LogP contribution in [0.3, 0.4) is 0 Å². The van der Waals surface area contributed by atoms with Crippen LogP contribution in [0.1, 0.15) is 37.9 Å². The van der Waals surface area contributed by atoms with Crippen molar-refractivity contribution >= 4 is 35.2 Å². The molecule has 2 atom stereocenters. The van der Waals surface area contributed by atoms with Crippen LogP contribution in [0, 0.1) is 17.6 Å². The van der Waals surface area contributed by atoms with E-state index in [2.05, 4.69) is 25.9 Å². The zero-order chi connectivity index (χ0) is 30.2. The van der Waals surface area contributed by atoms with E-state index < -0.39 is 23.2 Å². The molecule has 4 heterocycles. The summed E-state index contributed by atoms with van der Waals surface area (Å²) >= 11 is 6.14. The second-order valence-corrected chi connectivity index (χ2v) is 10.9. The van der Waals surface area contributed by atoms with Gasteiger partial charge in [-0.15, -0.1) is 5.12 Å². The molecule has 43 heavy (non-hydrogen) atoms. The Kier molecular flexibility index (Phi) is 7.63. The van der Waals surface area contributed by atoms with Crippen LogP contribution >= 0.6 is 11.6 Å². The molecule has 0 saturated heterocycles. The van der Waals surface area contributed by atoms with Crippen LogP contribution in [0.25, 0.3) is 22.4 Å². The van der Waals surface area contributed by atoms with Crippen molar-refractivity contribution < 1.29 is 13.6 Å². The minimum atomic E-state index is -0.726. The molecule has 2 aliphatic heterocycles. The fraction of sp³-hybridized carbons (Fsp3) is 0.233. The molecule has 4 aromatic rings. The van der Waals surface area contributed by atoms with Gasteiger partial charge in [0.05, 0.1) is 40.0 Å². The SMILES string of the molecule is CC1CCCC(n2cnc(-c3c(N4C=NNN4C)ccc(Cl)c3F)cc2=O)c2cc(ccn2)-c2cc(F)ccc2NC1=O. The van der Waals surface area contributed by atoms with E-state index in [9.17, 15) is 14.0 Å². The molecule has 2 bridgehead atoms. The number of fused-ring (bicyclic) bond motifs is 4. The average Bonchev–Trinajstić information content (AvgIpc) is 3.42. The van der Waals surface area contributed by atoms with Gasteiger partial charge in [0, 0.05) is 36.5 Å². The van der Waals surface area contributed by atoms with Gasteiger partial charge in [-0.05, 0) is 60.9 Å². The van der Waals surface area contributed by atoms with E-state index in [1.807, 2.05) is 6.92 Å². The van der Waals surface area contributed by atoms with Crippen LogP contribution in [0.4, 0.5) is 20.2 Å². The van der Waals surface area contributed by atoms with Crippen LogP contribution in [-0.2, 0) is 4.79 Å². The molecule has 2 N–H and O–H groups in total. The molecule has 0 fully saturated rings. The highest BCUT2D eigenvalue weighted by atomic mass is 35.5. The van der Waals surface area contributed by atoms with Gasteiger partial charge in [-0.1, -0.05) is 24.9 Å². The fourth-order valence-corrected chi connectivity index (χ4v) is 5.52. The number of halogens is 3. The van der Waals surface area contributed by atoms with Crippen molar-refractivity contribution in [2.45, 2.75) is 32.2 Å². The van der Waals surface area contributed by atoms with Crippen molar-refractivity contribution in [3.63, 3.8) is 0 Å².